The molecule has 2 atom stereocenters. The fourth-order valence-electron chi connectivity index (χ4n) is 3.66. The lowest BCUT2D eigenvalue weighted by atomic mass is 9.78. The molecule has 24 heavy (non-hydrogen) atoms. The summed E-state index contributed by atoms with van der Waals surface area (Å²) in [6.45, 7) is 0. The van der Waals surface area contributed by atoms with Crippen LogP contribution in [-0.4, -0.2) is 22.8 Å². The van der Waals surface area contributed by atoms with Crippen molar-refractivity contribution in [3.05, 3.63) is 34.6 Å². The first-order valence-electron chi connectivity index (χ1n) is 7.72. The normalized spacial score (nSPS) is 24.0. The van der Waals surface area contributed by atoms with E-state index >= 15 is 0 Å². The van der Waals surface area contributed by atoms with Crippen molar-refractivity contribution in [2.45, 2.75) is 44.6 Å². The molecular weight excluding hydrogens is 333 g/mol. The highest BCUT2D eigenvalue weighted by Gasteiger charge is 2.43. The Bertz CT molecular complexity index is 692. The maximum atomic E-state index is 13.9. The average molecular weight is 347 g/mol. The van der Waals surface area contributed by atoms with Crippen LogP contribution in [0.3, 0.4) is 0 Å². The van der Waals surface area contributed by atoms with E-state index in [9.17, 15) is 31.5 Å². The molecule has 2 amide bonds. The first kappa shape index (κ1) is 16.9. The average Bonchev–Trinajstić information content (AvgIpc) is 2.58. The van der Waals surface area contributed by atoms with Gasteiger partial charge in [-0.2, -0.15) is 0 Å². The van der Waals surface area contributed by atoms with Crippen LogP contribution < -0.4 is 0 Å². The van der Waals surface area contributed by atoms with Gasteiger partial charge in [0.2, 0.25) is 11.7 Å². The standard InChI is InChI=1S/C16H14F5NO2/c17-11-10(12(18)14(20)15(21)13(11)19)16(24)22-8-4-2-1-3-7(8)5-6-9(22)23/h7-8H,1-6H2. The van der Waals surface area contributed by atoms with Crippen LogP contribution in [0.1, 0.15) is 48.9 Å². The second-order valence-corrected chi connectivity index (χ2v) is 6.16. The fourth-order valence-corrected chi connectivity index (χ4v) is 3.66. The highest BCUT2D eigenvalue weighted by Crippen LogP contribution is 2.37. The van der Waals surface area contributed by atoms with E-state index < -0.39 is 52.5 Å². The maximum Gasteiger partial charge on any atom is 0.266 e. The summed E-state index contributed by atoms with van der Waals surface area (Å²) in [5, 5.41) is 0. The molecule has 0 N–H and O–H groups in total. The molecule has 1 heterocycles. The molecule has 3 nitrogen and oxygen atoms in total. The number of amides is 2. The Balaban J connectivity index is 2.06. The smallest absolute Gasteiger partial charge is 0.266 e. The van der Waals surface area contributed by atoms with Crippen molar-refractivity contribution in [1.82, 2.24) is 4.90 Å². The third-order valence-electron chi connectivity index (χ3n) is 4.84. The molecule has 0 spiro atoms. The largest absolute Gasteiger partial charge is 0.275 e. The lowest BCUT2D eigenvalue weighted by molar-refractivity contribution is -0.136. The minimum absolute atomic E-state index is 0.00154. The number of hydrogen-bond donors (Lipinski definition) is 0. The molecule has 2 aliphatic rings. The molecule has 1 aromatic carbocycles. The van der Waals surface area contributed by atoms with Gasteiger partial charge in [0.25, 0.3) is 5.91 Å². The van der Waals surface area contributed by atoms with Gasteiger partial charge in [-0.1, -0.05) is 12.8 Å². The number of hydrogen-bond acceptors (Lipinski definition) is 2. The summed E-state index contributed by atoms with van der Waals surface area (Å²) in [6.07, 6.45) is 3.46. The van der Waals surface area contributed by atoms with Crippen molar-refractivity contribution in [3.63, 3.8) is 0 Å². The Morgan fingerprint density at radius 3 is 2.00 bits per heavy atom. The predicted octanol–water partition coefficient (Wildman–Crippen LogP) is 3.70. The minimum atomic E-state index is -2.33. The molecule has 0 aromatic heterocycles. The molecule has 1 saturated heterocycles. The Labute approximate surface area is 134 Å². The molecule has 1 aliphatic carbocycles. The zero-order valence-corrected chi connectivity index (χ0v) is 12.6. The van der Waals surface area contributed by atoms with E-state index in [2.05, 4.69) is 0 Å². The molecule has 2 unspecified atom stereocenters. The van der Waals surface area contributed by atoms with Crippen LogP contribution >= 0.6 is 0 Å². The molecule has 1 saturated carbocycles. The van der Waals surface area contributed by atoms with Gasteiger partial charge in [-0.25, -0.2) is 22.0 Å². The summed E-state index contributed by atoms with van der Waals surface area (Å²) in [4.78, 5) is 25.3. The Morgan fingerprint density at radius 2 is 1.38 bits per heavy atom. The number of carbonyl (C=O) groups excluding carboxylic acids is 2. The van der Waals surface area contributed by atoms with Crippen molar-refractivity contribution in [2.24, 2.45) is 5.92 Å². The Hall–Kier alpha value is -1.99. The van der Waals surface area contributed by atoms with Gasteiger partial charge in [-0.15, -0.1) is 0 Å². The lowest BCUT2D eigenvalue weighted by Crippen LogP contribution is -2.53. The number of nitrogens with zero attached hydrogens (tertiary/aromatic N) is 1. The molecule has 0 bridgehead atoms. The number of piperidine rings is 1. The molecule has 3 rings (SSSR count). The summed E-state index contributed by atoms with van der Waals surface area (Å²) in [5.74, 6) is -13.2. The van der Waals surface area contributed by atoms with Crippen LogP contribution in [-0.2, 0) is 4.79 Å². The number of fused-ring (bicyclic) bond motifs is 1. The minimum Gasteiger partial charge on any atom is -0.275 e. The van der Waals surface area contributed by atoms with Crippen molar-refractivity contribution >= 4 is 11.8 Å². The third kappa shape index (κ3) is 2.48. The zero-order valence-electron chi connectivity index (χ0n) is 12.6. The van der Waals surface area contributed by atoms with Gasteiger partial charge in [0.1, 0.15) is 5.56 Å². The van der Waals surface area contributed by atoms with E-state index in [-0.39, 0.29) is 12.3 Å². The summed E-state index contributed by atoms with van der Waals surface area (Å²) < 4.78 is 67.6. The number of benzene rings is 1. The van der Waals surface area contributed by atoms with Crippen LogP contribution in [0.5, 0.6) is 0 Å². The second-order valence-electron chi connectivity index (χ2n) is 6.16. The molecule has 8 heteroatoms. The molecule has 0 radical (unpaired) electrons. The highest BCUT2D eigenvalue weighted by molar-refractivity contribution is 6.05. The molecule has 1 aromatic rings. The van der Waals surface area contributed by atoms with Gasteiger partial charge in [-0.3, -0.25) is 14.5 Å². The first-order valence-corrected chi connectivity index (χ1v) is 7.72. The van der Waals surface area contributed by atoms with Crippen LogP contribution in [0.4, 0.5) is 22.0 Å². The highest BCUT2D eigenvalue weighted by atomic mass is 19.2. The number of rotatable bonds is 1. The van der Waals surface area contributed by atoms with E-state index in [1.165, 1.54) is 0 Å². The Morgan fingerprint density at radius 1 is 0.833 bits per heavy atom. The van der Waals surface area contributed by atoms with Crippen molar-refractivity contribution < 1.29 is 31.5 Å². The van der Waals surface area contributed by atoms with Gasteiger partial charge in [-0.05, 0) is 25.2 Å². The first-order chi connectivity index (χ1) is 11.3. The summed E-state index contributed by atoms with van der Waals surface area (Å²) in [6, 6.07) is -0.553. The van der Waals surface area contributed by atoms with E-state index in [1.54, 1.807) is 0 Å². The van der Waals surface area contributed by atoms with Crippen LogP contribution in [0.15, 0.2) is 0 Å². The fraction of sp³-hybridized carbons (Fsp3) is 0.500. The van der Waals surface area contributed by atoms with Gasteiger partial charge in [0.05, 0.1) is 0 Å². The summed E-state index contributed by atoms with van der Waals surface area (Å²) >= 11 is 0. The number of likely N-dealkylation sites (tertiary alicyclic amines) is 1. The number of halogens is 5. The van der Waals surface area contributed by atoms with E-state index in [0.717, 1.165) is 19.3 Å². The van der Waals surface area contributed by atoms with E-state index in [4.69, 9.17) is 0 Å². The maximum absolute atomic E-state index is 13.9. The lowest BCUT2D eigenvalue weighted by Gasteiger charge is -2.42. The molecule has 2 fully saturated rings. The van der Waals surface area contributed by atoms with Crippen LogP contribution in [0.2, 0.25) is 0 Å². The third-order valence-corrected chi connectivity index (χ3v) is 4.84. The molecule has 1 aliphatic heterocycles. The summed E-state index contributed by atoms with van der Waals surface area (Å²) in [5.41, 5.74) is -1.56. The monoisotopic (exact) mass is 347 g/mol. The SMILES string of the molecule is O=C1CCC2CCCCC2N1C(=O)c1c(F)c(F)c(F)c(F)c1F. The van der Waals surface area contributed by atoms with Crippen molar-refractivity contribution in [1.29, 1.82) is 0 Å². The predicted molar refractivity (Wildman–Crippen MR) is 72.4 cm³/mol. The van der Waals surface area contributed by atoms with Gasteiger partial charge in [0, 0.05) is 12.5 Å². The van der Waals surface area contributed by atoms with E-state index in [1.807, 2.05) is 0 Å². The molecular formula is C16H14F5NO2. The van der Waals surface area contributed by atoms with Gasteiger partial charge < -0.3 is 0 Å². The van der Waals surface area contributed by atoms with Gasteiger partial charge >= 0.3 is 0 Å². The van der Waals surface area contributed by atoms with Gasteiger partial charge in [0.15, 0.2) is 23.3 Å². The number of carbonyl (C=O) groups is 2. The number of imide groups is 1. The quantitative estimate of drug-likeness (QED) is 0.336. The summed E-state index contributed by atoms with van der Waals surface area (Å²) in [7, 11) is 0. The van der Waals surface area contributed by atoms with Crippen molar-refractivity contribution in [3.8, 4) is 0 Å². The van der Waals surface area contributed by atoms with Crippen molar-refractivity contribution in [2.75, 3.05) is 0 Å². The van der Waals surface area contributed by atoms with E-state index in [0.29, 0.717) is 17.7 Å². The second kappa shape index (κ2) is 6.14. The molecule has 130 valence electrons. The zero-order chi connectivity index (χ0) is 17.6. The van der Waals surface area contributed by atoms with Crippen LogP contribution in [0.25, 0.3) is 0 Å². The topological polar surface area (TPSA) is 37.4 Å². The van der Waals surface area contributed by atoms with Crippen LogP contribution in [0, 0.1) is 35.0 Å². The Kier molecular flexibility index (Phi) is 4.31.